The molecule has 0 fully saturated rings. The maximum absolute atomic E-state index is 12.3. The van der Waals surface area contributed by atoms with Crippen molar-refractivity contribution in [2.75, 3.05) is 7.11 Å². The van der Waals surface area contributed by atoms with E-state index >= 15 is 0 Å². The first-order valence-corrected chi connectivity index (χ1v) is 15.9. The predicted octanol–water partition coefficient (Wildman–Crippen LogP) is 10.1. The number of rotatable bonds is 11. The summed E-state index contributed by atoms with van der Waals surface area (Å²) in [6, 6.07) is 50.2. The van der Waals surface area contributed by atoms with Gasteiger partial charge in [-0.2, -0.15) is 0 Å². The molecule has 48 heavy (non-hydrogen) atoms. The number of carboxylic acid groups (broad SMARTS) is 1. The van der Waals surface area contributed by atoms with Crippen LogP contribution in [0.5, 0.6) is 11.5 Å². The van der Waals surface area contributed by atoms with Crippen LogP contribution in [0.2, 0.25) is 0 Å². The largest absolute Gasteiger partial charge is 0.497 e. The maximum Gasteiger partial charge on any atom is 0.345 e. The van der Waals surface area contributed by atoms with E-state index in [-0.39, 0.29) is 6.42 Å². The molecule has 7 rings (SSSR count). The highest BCUT2D eigenvalue weighted by Gasteiger charge is 2.23. The lowest BCUT2D eigenvalue weighted by Crippen LogP contribution is -2.29. The molecule has 0 radical (unpaired) electrons. The van der Waals surface area contributed by atoms with Crippen LogP contribution in [0.25, 0.3) is 44.3 Å². The highest BCUT2D eigenvalue weighted by atomic mass is 16.5. The molecular weight excluding hydrogens is 596 g/mol. The molecule has 0 amide bonds. The molecule has 7 aromatic rings. The van der Waals surface area contributed by atoms with Gasteiger partial charge in [0.2, 0.25) is 0 Å². The third-order valence-corrected chi connectivity index (χ3v) is 8.57. The van der Waals surface area contributed by atoms with E-state index in [9.17, 15) is 9.90 Å². The van der Waals surface area contributed by atoms with Crippen LogP contribution in [0.1, 0.15) is 16.9 Å². The van der Waals surface area contributed by atoms with E-state index < -0.39 is 12.1 Å². The summed E-state index contributed by atoms with van der Waals surface area (Å²) in [7, 11) is 1.63. The number of ether oxygens (including phenoxy) is 2. The zero-order valence-electron chi connectivity index (χ0n) is 26.5. The number of hydrogen-bond donors (Lipinski definition) is 1. The number of fused-ring (bicyclic) bond motifs is 1. The fraction of sp³-hybridized carbons (Fsp3) is 0.0930. The van der Waals surface area contributed by atoms with Gasteiger partial charge in [-0.1, -0.05) is 121 Å². The molecule has 5 nitrogen and oxygen atoms in total. The fourth-order valence-electron chi connectivity index (χ4n) is 6.12. The highest BCUT2D eigenvalue weighted by Crippen LogP contribution is 2.39. The molecule has 0 unspecified atom stereocenters. The predicted molar refractivity (Wildman–Crippen MR) is 191 cm³/mol. The Kier molecular flexibility index (Phi) is 8.75. The van der Waals surface area contributed by atoms with Crippen molar-refractivity contribution >= 4 is 16.9 Å². The average molecular weight is 631 g/mol. The second kappa shape index (κ2) is 13.7. The minimum absolute atomic E-state index is 0.246. The molecule has 0 saturated carbocycles. The summed E-state index contributed by atoms with van der Waals surface area (Å²) in [5, 5.41) is 11.2. The van der Waals surface area contributed by atoms with Gasteiger partial charge in [-0.15, -0.1) is 0 Å². The summed E-state index contributed by atoms with van der Waals surface area (Å²) in [4.78, 5) is 12.3. The summed E-state index contributed by atoms with van der Waals surface area (Å²) in [5.41, 5.74) is 8.83. The second-order valence-corrected chi connectivity index (χ2v) is 11.7. The van der Waals surface area contributed by atoms with Crippen molar-refractivity contribution in [2.24, 2.45) is 0 Å². The molecule has 1 heterocycles. The van der Waals surface area contributed by atoms with Crippen LogP contribution >= 0.6 is 0 Å². The van der Waals surface area contributed by atoms with Crippen LogP contribution < -0.4 is 9.47 Å². The van der Waals surface area contributed by atoms with Gasteiger partial charge in [0.1, 0.15) is 22.8 Å². The first-order chi connectivity index (χ1) is 23.6. The molecule has 0 aliphatic heterocycles. The Balaban J connectivity index is 1.24. The minimum Gasteiger partial charge on any atom is -0.497 e. The number of carbonyl (C=O) groups is 1. The maximum atomic E-state index is 12.3. The fourth-order valence-corrected chi connectivity index (χ4v) is 6.12. The van der Waals surface area contributed by atoms with Crippen LogP contribution in [0, 0.1) is 0 Å². The Labute approximate surface area is 279 Å². The topological polar surface area (TPSA) is 68.9 Å². The molecule has 0 bridgehead atoms. The number of hydrogen-bond acceptors (Lipinski definition) is 4. The van der Waals surface area contributed by atoms with Crippen molar-refractivity contribution in [1.29, 1.82) is 0 Å². The van der Waals surface area contributed by atoms with Crippen LogP contribution in [-0.2, 0) is 17.6 Å². The van der Waals surface area contributed by atoms with E-state index in [0.717, 1.165) is 61.4 Å². The lowest BCUT2D eigenvalue weighted by Gasteiger charge is -2.19. The Morgan fingerprint density at radius 2 is 1.27 bits per heavy atom. The first-order valence-electron chi connectivity index (χ1n) is 15.9. The summed E-state index contributed by atoms with van der Waals surface area (Å²) < 4.78 is 18.0. The van der Waals surface area contributed by atoms with Gasteiger partial charge in [-0.25, -0.2) is 4.79 Å². The molecule has 6 aromatic carbocycles. The van der Waals surface area contributed by atoms with Crippen molar-refractivity contribution in [2.45, 2.75) is 18.9 Å². The van der Waals surface area contributed by atoms with Crippen LogP contribution in [0.4, 0.5) is 0 Å². The van der Waals surface area contributed by atoms with Crippen LogP contribution in [-0.4, -0.2) is 24.3 Å². The van der Waals surface area contributed by atoms with E-state index in [4.69, 9.17) is 13.9 Å². The lowest BCUT2D eigenvalue weighted by atomic mass is 9.94. The summed E-state index contributed by atoms with van der Waals surface area (Å²) in [6.45, 7) is 0. The van der Waals surface area contributed by atoms with Gasteiger partial charge in [-0.3, -0.25) is 0 Å². The zero-order chi connectivity index (χ0) is 32.9. The molecule has 0 spiro atoms. The molecular formula is C43H34O5. The molecule has 1 atom stereocenters. The van der Waals surface area contributed by atoms with Crippen molar-refractivity contribution in [3.63, 3.8) is 0 Å². The Hall–Kier alpha value is -6.07. The van der Waals surface area contributed by atoms with E-state index in [0.29, 0.717) is 12.2 Å². The number of methoxy groups -OCH3 is 1. The average Bonchev–Trinajstić information content (AvgIpc) is 3.50. The van der Waals surface area contributed by atoms with Crippen LogP contribution in [0.3, 0.4) is 0 Å². The van der Waals surface area contributed by atoms with E-state index in [1.807, 2.05) is 103 Å². The third-order valence-electron chi connectivity index (χ3n) is 8.57. The number of benzene rings is 6. The van der Waals surface area contributed by atoms with Gasteiger partial charge >= 0.3 is 5.97 Å². The number of furan rings is 1. The molecule has 5 heteroatoms. The lowest BCUT2D eigenvalue weighted by molar-refractivity contribution is -0.145. The third kappa shape index (κ3) is 6.58. The Morgan fingerprint density at radius 1 is 0.667 bits per heavy atom. The van der Waals surface area contributed by atoms with Gasteiger partial charge in [0.05, 0.1) is 7.11 Å². The SMILES string of the molecule is COc1ccc(-c2cc(-c3ccc(-c4c(Cc5ccccc5)oc5ccccc45)cc3)ccc2O[C@@H](Cc2ccccc2)C(=O)O)cc1. The normalized spacial score (nSPS) is 11.7. The summed E-state index contributed by atoms with van der Waals surface area (Å²) in [5.74, 6) is 1.15. The molecule has 0 aliphatic carbocycles. The standard InChI is InChI=1S/C43H34O5/c1-46-35-23-20-32(21-24-35)37-28-34(22-25-39(37)48-41(43(44)45)27-30-12-6-3-7-13-30)31-16-18-33(19-17-31)42-36-14-8-9-15-38(36)47-40(42)26-29-10-4-2-5-11-29/h2-25,28,41H,26-27H2,1H3,(H,44,45)/t41-/m0/s1. The Bertz CT molecular complexity index is 2150. The summed E-state index contributed by atoms with van der Waals surface area (Å²) >= 11 is 0. The zero-order valence-corrected chi connectivity index (χ0v) is 26.5. The van der Waals surface area contributed by atoms with Crippen molar-refractivity contribution in [1.82, 2.24) is 0 Å². The molecule has 1 aromatic heterocycles. The molecule has 1 N–H and O–H groups in total. The van der Waals surface area contributed by atoms with Gasteiger partial charge in [0.25, 0.3) is 0 Å². The number of carboxylic acids is 1. The van der Waals surface area contributed by atoms with Crippen LogP contribution in [0.15, 0.2) is 156 Å². The number of para-hydroxylation sites is 1. The molecule has 236 valence electrons. The number of aliphatic carboxylic acids is 1. The van der Waals surface area contributed by atoms with Gasteiger partial charge in [-0.05, 0) is 63.7 Å². The van der Waals surface area contributed by atoms with Crippen molar-refractivity contribution in [3.8, 4) is 44.9 Å². The second-order valence-electron chi connectivity index (χ2n) is 11.7. The summed E-state index contributed by atoms with van der Waals surface area (Å²) in [6.07, 6.45) is -0.110. The van der Waals surface area contributed by atoms with Crippen molar-refractivity contribution in [3.05, 3.63) is 169 Å². The van der Waals surface area contributed by atoms with Crippen molar-refractivity contribution < 1.29 is 23.8 Å². The van der Waals surface area contributed by atoms with Gasteiger partial charge < -0.3 is 19.0 Å². The molecule has 0 aliphatic rings. The van der Waals surface area contributed by atoms with E-state index in [1.54, 1.807) is 7.11 Å². The minimum atomic E-state index is -1.05. The van der Waals surface area contributed by atoms with E-state index in [2.05, 4.69) is 48.5 Å². The molecule has 0 saturated heterocycles. The quantitative estimate of drug-likeness (QED) is 0.154. The first kappa shape index (κ1) is 30.6. The Morgan fingerprint density at radius 3 is 1.96 bits per heavy atom. The van der Waals surface area contributed by atoms with E-state index in [1.165, 1.54) is 5.56 Å². The van der Waals surface area contributed by atoms with Gasteiger partial charge in [0, 0.05) is 29.4 Å². The smallest absolute Gasteiger partial charge is 0.345 e. The highest BCUT2D eigenvalue weighted by molar-refractivity contribution is 5.96. The monoisotopic (exact) mass is 630 g/mol. The van der Waals surface area contributed by atoms with Gasteiger partial charge in [0.15, 0.2) is 6.10 Å².